The number of hydrogen-bond donors (Lipinski definition) is 1. The van der Waals surface area contributed by atoms with Crippen molar-refractivity contribution in [3.8, 4) is 0 Å². The molecule has 2 aliphatic rings. The van der Waals surface area contributed by atoms with E-state index in [1.54, 1.807) is 4.90 Å². The number of carbonyl (C=O) groups is 3. The minimum absolute atomic E-state index is 0.0136. The Morgan fingerprint density at radius 1 is 1.19 bits per heavy atom. The number of nitrogens with one attached hydrogen (secondary N) is 1. The molecule has 1 aromatic carbocycles. The Bertz CT molecular complexity index is 754. The van der Waals surface area contributed by atoms with Gasteiger partial charge in [-0.05, 0) is 18.4 Å². The molecule has 0 bridgehead atoms. The van der Waals surface area contributed by atoms with Crippen LogP contribution in [0.4, 0.5) is 4.79 Å². The highest BCUT2D eigenvalue weighted by Gasteiger charge is 2.42. The van der Waals surface area contributed by atoms with Gasteiger partial charge in [-0.3, -0.25) is 9.69 Å². The molecule has 0 spiro atoms. The first-order valence-electron chi connectivity index (χ1n) is 9.37. The molecule has 0 aromatic heterocycles. The molecule has 1 atom stereocenters. The van der Waals surface area contributed by atoms with Crippen LogP contribution >= 0.6 is 0 Å². The monoisotopic (exact) mass is 371 g/mol. The zero-order valence-corrected chi connectivity index (χ0v) is 15.7. The van der Waals surface area contributed by atoms with E-state index >= 15 is 0 Å². The quantitative estimate of drug-likeness (QED) is 0.746. The maximum Gasteiger partial charge on any atom is 0.338 e. The van der Waals surface area contributed by atoms with Gasteiger partial charge in [0.1, 0.15) is 13.2 Å². The third-order valence-corrected chi connectivity index (χ3v) is 4.76. The molecule has 7 nitrogen and oxygen atoms in total. The Hall–Kier alpha value is -2.83. The van der Waals surface area contributed by atoms with Crippen molar-refractivity contribution >= 4 is 17.9 Å². The molecule has 27 heavy (non-hydrogen) atoms. The summed E-state index contributed by atoms with van der Waals surface area (Å²) in [5.74, 6) is -0.575. The Labute approximate surface area is 159 Å². The fourth-order valence-corrected chi connectivity index (χ4v) is 3.51. The molecule has 2 aliphatic heterocycles. The summed E-state index contributed by atoms with van der Waals surface area (Å²) in [6.07, 6.45) is 1.70. The maximum absolute atomic E-state index is 12.7. The molecule has 1 N–H and O–H groups in total. The number of ether oxygens (including phenoxy) is 1. The van der Waals surface area contributed by atoms with Gasteiger partial charge in [-0.2, -0.15) is 0 Å². The number of rotatable bonds is 7. The average molecular weight is 371 g/mol. The van der Waals surface area contributed by atoms with Gasteiger partial charge < -0.3 is 15.0 Å². The van der Waals surface area contributed by atoms with Gasteiger partial charge in [0.15, 0.2) is 0 Å². The van der Waals surface area contributed by atoms with Crippen LogP contribution in [0.3, 0.4) is 0 Å². The SMILES string of the molecule is CCCN(CCC)C(=O)CN1C(=O)NC(c2ccccc2)C2=C1COC2=O. The topological polar surface area (TPSA) is 79.0 Å². The van der Waals surface area contributed by atoms with Crippen LogP contribution < -0.4 is 5.32 Å². The van der Waals surface area contributed by atoms with E-state index in [9.17, 15) is 14.4 Å². The molecule has 2 heterocycles. The summed E-state index contributed by atoms with van der Waals surface area (Å²) in [6.45, 7) is 5.24. The normalized spacial score (nSPS) is 18.9. The average Bonchev–Trinajstić information content (AvgIpc) is 3.06. The van der Waals surface area contributed by atoms with Gasteiger partial charge in [0, 0.05) is 13.1 Å². The third-order valence-electron chi connectivity index (χ3n) is 4.76. The second-order valence-corrected chi connectivity index (χ2v) is 6.70. The van der Waals surface area contributed by atoms with E-state index in [-0.39, 0.29) is 25.1 Å². The summed E-state index contributed by atoms with van der Waals surface area (Å²) >= 11 is 0. The van der Waals surface area contributed by atoms with Gasteiger partial charge in [0.25, 0.3) is 0 Å². The molecule has 3 amide bonds. The summed E-state index contributed by atoms with van der Waals surface area (Å²) in [5, 5.41) is 2.85. The fourth-order valence-electron chi connectivity index (χ4n) is 3.51. The van der Waals surface area contributed by atoms with Crippen LogP contribution in [0, 0.1) is 0 Å². The molecule has 0 fully saturated rings. The molecule has 1 unspecified atom stereocenters. The molecule has 3 rings (SSSR count). The van der Waals surface area contributed by atoms with Gasteiger partial charge in [0.2, 0.25) is 5.91 Å². The van der Waals surface area contributed by atoms with Crippen LogP contribution in [0.25, 0.3) is 0 Å². The van der Waals surface area contributed by atoms with Crippen molar-refractivity contribution in [3.63, 3.8) is 0 Å². The molecule has 0 radical (unpaired) electrons. The van der Waals surface area contributed by atoms with Crippen molar-refractivity contribution in [2.75, 3.05) is 26.2 Å². The summed E-state index contributed by atoms with van der Waals surface area (Å²) < 4.78 is 5.20. The Balaban J connectivity index is 1.88. The van der Waals surface area contributed by atoms with Crippen LogP contribution in [-0.4, -0.2) is 53.9 Å². The van der Waals surface area contributed by atoms with E-state index < -0.39 is 12.0 Å². The predicted octanol–water partition coefficient (Wildman–Crippen LogP) is 2.21. The van der Waals surface area contributed by atoms with Crippen molar-refractivity contribution in [1.82, 2.24) is 15.1 Å². The molecular formula is C20H25N3O4. The fraction of sp³-hybridized carbons (Fsp3) is 0.450. The van der Waals surface area contributed by atoms with Crippen LogP contribution in [-0.2, 0) is 14.3 Å². The summed E-state index contributed by atoms with van der Waals surface area (Å²) in [6, 6.07) is 8.34. The zero-order valence-electron chi connectivity index (χ0n) is 15.7. The molecule has 0 saturated heterocycles. The molecule has 7 heteroatoms. The highest BCUT2D eigenvalue weighted by Crippen LogP contribution is 2.34. The number of benzene rings is 1. The first-order valence-corrected chi connectivity index (χ1v) is 9.37. The highest BCUT2D eigenvalue weighted by molar-refractivity contribution is 5.98. The van der Waals surface area contributed by atoms with Crippen LogP contribution in [0.2, 0.25) is 0 Å². The Morgan fingerprint density at radius 2 is 1.85 bits per heavy atom. The molecule has 1 aromatic rings. The molecule has 0 aliphatic carbocycles. The second-order valence-electron chi connectivity index (χ2n) is 6.70. The van der Waals surface area contributed by atoms with Gasteiger partial charge in [-0.15, -0.1) is 0 Å². The summed E-state index contributed by atoms with van der Waals surface area (Å²) in [4.78, 5) is 40.9. The summed E-state index contributed by atoms with van der Waals surface area (Å²) in [7, 11) is 0. The van der Waals surface area contributed by atoms with Crippen molar-refractivity contribution in [1.29, 1.82) is 0 Å². The highest BCUT2D eigenvalue weighted by atomic mass is 16.5. The van der Waals surface area contributed by atoms with Crippen LogP contribution in [0.15, 0.2) is 41.6 Å². The molecular weight excluding hydrogens is 346 g/mol. The Morgan fingerprint density at radius 3 is 2.48 bits per heavy atom. The maximum atomic E-state index is 12.7. The lowest BCUT2D eigenvalue weighted by Gasteiger charge is -2.33. The number of carbonyl (C=O) groups excluding carboxylic acids is 3. The van der Waals surface area contributed by atoms with E-state index in [1.807, 2.05) is 44.2 Å². The smallest absolute Gasteiger partial charge is 0.338 e. The number of esters is 1. The minimum atomic E-state index is -0.558. The standard InChI is InChI=1S/C20H25N3O4/c1-3-10-22(11-4-2)16(24)12-23-15-13-27-19(25)17(15)18(21-20(23)26)14-8-6-5-7-9-14/h5-9,18H,3-4,10-13H2,1-2H3,(H,21,26). The van der Waals surface area contributed by atoms with Crippen LogP contribution in [0.5, 0.6) is 0 Å². The second kappa shape index (κ2) is 8.24. The van der Waals surface area contributed by atoms with Gasteiger partial charge >= 0.3 is 12.0 Å². The lowest BCUT2D eigenvalue weighted by molar-refractivity contribution is -0.136. The van der Waals surface area contributed by atoms with Gasteiger partial charge in [-0.1, -0.05) is 44.2 Å². The van der Waals surface area contributed by atoms with E-state index in [0.29, 0.717) is 24.4 Å². The number of amides is 3. The van der Waals surface area contributed by atoms with Gasteiger partial charge in [0.05, 0.1) is 17.3 Å². The van der Waals surface area contributed by atoms with Crippen molar-refractivity contribution in [2.45, 2.75) is 32.7 Å². The minimum Gasteiger partial charge on any atom is -0.456 e. The van der Waals surface area contributed by atoms with E-state index in [0.717, 1.165) is 18.4 Å². The van der Waals surface area contributed by atoms with E-state index in [4.69, 9.17) is 4.74 Å². The zero-order chi connectivity index (χ0) is 19.4. The molecule has 144 valence electrons. The first-order chi connectivity index (χ1) is 13.1. The lowest BCUT2D eigenvalue weighted by atomic mass is 9.96. The third kappa shape index (κ3) is 3.82. The lowest BCUT2D eigenvalue weighted by Crippen LogP contribution is -2.51. The number of cyclic esters (lactones) is 1. The number of nitrogens with zero attached hydrogens (tertiary/aromatic N) is 2. The molecule has 0 saturated carbocycles. The predicted molar refractivity (Wildman–Crippen MR) is 99.6 cm³/mol. The van der Waals surface area contributed by atoms with Gasteiger partial charge in [-0.25, -0.2) is 9.59 Å². The van der Waals surface area contributed by atoms with Crippen molar-refractivity contribution in [3.05, 3.63) is 47.2 Å². The van der Waals surface area contributed by atoms with E-state index in [2.05, 4.69) is 5.32 Å². The van der Waals surface area contributed by atoms with E-state index in [1.165, 1.54) is 4.90 Å². The van der Waals surface area contributed by atoms with Crippen molar-refractivity contribution in [2.24, 2.45) is 0 Å². The summed E-state index contributed by atoms with van der Waals surface area (Å²) in [5.41, 5.74) is 1.70. The largest absolute Gasteiger partial charge is 0.456 e. The van der Waals surface area contributed by atoms with Crippen LogP contribution in [0.1, 0.15) is 38.3 Å². The first kappa shape index (κ1) is 18.9. The Kier molecular flexibility index (Phi) is 5.78. The number of hydrogen-bond acceptors (Lipinski definition) is 4. The number of urea groups is 1. The van der Waals surface area contributed by atoms with Crippen molar-refractivity contribution < 1.29 is 19.1 Å².